The minimum atomic E-state index is 0.614. The quantitative estimate of drug-likeness (QED) is 0.559. The van der Waals surface area contributed by atoms with Gasteiger partial charge in [0.1, 0.15) is 5.82 Å². The van der Waals surface area contributed by atoms with E-state index >= 15 is 0 Å². The molecule has 0 aliphatic heterocycles. The Morgan fingerprint density at radius 1 is 1.70 bits per heavy atom. The third-order valence-corrected chi connectivity index (χ3v) is 1.51. The van der Waals surface area contributed by atoms with Crippen LogP contribution < -0.4 is 11.1 Å². The average molecular weight is 138 g/mol. The van der Waals surface area contributed by atoms with Gasteiger partial charge in [0.15, 0.2) is 0 Å². The van der Waals surface area contributed by atoms with E-state index in [9.17, 15) is 0 Å². The number of nitrogens with one attached hydrogen (secondary N) is 2. The molecule has 0 atom stereocenters. The predicted octanol–water partition coefficient (Wildman–Crippen LogP) is 0.566. The van der Waals surface area contributed by atoms with Gasteiger partial charge in [-0.25, -0.2) is 4.98 Å². The first-order valence-corrected chi connectivity index (χ1v) is 3.41. The zero-order valence-corrected chi connectivity index (χ0v) is 5.59. The van der Waals surface area contributed by atoms with Crippen LogP contribution in [0.15, 0.2) is 6.20 Å². The maximum atomic E-state index is 5.42. The molecule has 1 aromatic rings. The van der Waals surface area contributed by atoms with Crippen LogP contribution in [0.2, 0.25) is 0 Å². The Bertz CT molecular complexity index is 225. The Hall–Kier alpha value is -1.19. The van der Waals surface area contributed by atoms with E-state index in [2.05, 4.69) is 15.3 Å². The van der Waals surface area contributed by atoms with Crippen molar-refractivity contribution in [1.29, 1.82) is 0 Å². The minimum Gasteiger partial charge on any atom is -0.384 e. The molecule has 10 heavy (non-hydrogen) atoms. The zero-order valence-electron chi connectivity index (χ0n) is 5.59. The highest BCUT2D eigenvalue weighted by molar-refractivity contribution is 5.38. The summed E-state index contributed by atoms with van der Waals surface area (Å²) >= 11 is 0. The summed E-state index contributed by atoms with van der Waals surface area (Å²) in [4.78, 5) is 6.91. The Kier molecular flexibility index (Phi) is 1.06. The largest absolute Gasteiger partial charge is 0.384 e. The van der Waals surface area contributed by atoms with Crippen LogP contribution in [0.3, 0.4) is 0 Å². The van der Waals surface area contributed by atoms with Crippen molar-refractivity contribution in [2.75, 3.05) is 11.1 Å². The van der Waals surface area contributed by atoms with Gasteiger partial charge < -0.3 is 16.0 Å². The normalized spacial score (nSPS) is 17.2. The van der Waals surface area contributed by atoms with Crippen molar-refractivity contribution in [2.24, 2.45) is 0 Å². The number of nitrogens with two attached hydrogens (primary N) is 1. The van der Waals surface area contributed by atoms with E-state index < -0.39 is 0 Å². The molecule has 1 aliphatic rings. The molecule has 54 valence electrons. The van der Waals surface area contributed by atoms with Crippen molar-refractivity contribution in [3.05, 3.63) is 6.20 Å². The fourth-order valence-electron chi connectivity index (χ4n) is 0.830. The minimum absolute atomic E-state index is 0.614. The van der Waals surface area contributed by atoms with Gasteiger partial charge in [-0.05, 0) is 12.8 Å². The lowest BCUT2D eigenvalue weighted by molar-refractivity contribution is 1.09. The van der Waals surface area contributed by atoms with Crippen molar-refractivity contribution < 1.29 is 0 Å². The molecule has 1 aromatic heterocycles. The van der Waals surface area contributed by atoms with E-state index in [1.165, 1.54) is 12.8 Å². The van der Waals surface area contributed by atoms with Crippen molar-refractivity contribution in [3.8, 4) is 0 Å². The summed E-state index contributed by atoms with van der Waals surface area (Å²) in [5.74, 6) is 1.41. The van der Waals surface area contributed by atoms with Crippen molar-refractivity contribution in [2.45, 2.75) is 18.9 Å². The third-order valence-electron chi connectivity index (χ3n) is 1.51. The Morgan fingerprint density at radius 2 is 2.50 bits per heavy atom. The third kappa shape index (κ3) is 1.05. The van der Waals surface area contributed by atoms with E-state index in [1.54, 1.807) is 6.20 Å². The Morgan fingerprint density at radius 3 is 3.00 bits per heavy atom. The number of hydrogen-bond donors (Lipinski definition) is 3. The predicted molar refractivity (Wildman–Crippen MR) is 39.6 cm³/mol. The summed E-state index contributed by atoms with van der Waals surface area (Å²) in [5, 5.41) is 3.19. The van der Waals surface area contributed by atoms with E-state index in [0.717, 1.165) is 5.95 Å². The summed E-state index contributed by atoms with van der Waals surface area (Å²) < 4.78 is 0. The fourth-order valence-corrected chi connectivity index (χ4v) is 0.830. The zero-order chi connectivity index (χ0) is 6.97. The van der Waals surface area contributed by atoms with E-state index in [0.29, 0.717) is 11.9 Å². The molecule has 4 nitrogen and oxygen atoms in total. The molecular weight excluding hydrogens is 128 g/mol. The van der Waals surface area contributed by atoms with Crippen LogP contribution in [0, 0.1) is 0 Å². The summed E-state index contributed by atoms with van der Waals surface area (Å²) in [5.41, 5.74) is 5.42. The molecule has 1 heterocycles. The summed E-state index contributed by atoms with van der Waals surface area (Å²) in [6.45, 7) is 0. The molecule has 0 bridgehead atoms. The van der Waals surface area contributed by atoms with Gasteiger partial charge in [0.05, 0.1) is 6.20 Å². The van der Waals surface area contributed by atoms with Crippen LogP contribution in [-0.2, 0) is 0 Å². The lowest BCUT2D eigenvalue weighted by Crippen LogP contribution is -2.02. The highest BCUT2D eigenvalue weighted by Crippen LogP contribution is 2.22. The topological polar surface area (TPSA) is 66.7 Å². The van der Waals surface area contributed by atoms with Gasteiger partial charge in [-0.1, -0.05) is 0 Å². The number of nitrogen functional groups attached to an aromatic ring is 1. The fraction of sp³-hybridized carbons (Fsp3) is 0.500. The second kappa shape index (κ2) is 1.90. The number of H-pyrrole nitrogens is 1. The van der Waals surface area contributed by atoms with Crippen molar-refractivity contribution >= 4 is 11.8 Å². The van der Waals surface area contributed by atoms with E-state index in [4.69, 9.17) is 5.73 Å². The lowest BCUT2D eigenvalue weighted by atomic mass is 10.7. The monoisotopic (exact) mass is 138 g/mol. The van der Waals surface area contributed by atoms with Crippen LogP contribution in [0.5, 0.6) is 0 Å². The summed E-state index contributed by atoms with van der Waals surface area (Å²) in [6.07, 6.45) is 4.12. The molecule has 4 heteroatoms. The molecule has 0 amide bonds. The first kappa shape index (κ1) is 5.58. The molecule has 4 N–H and O–H groups in total. The molecule has 1 aliphatic carbocycles. The smallest absolute Gasteiger partial charge is 0.201 e. The van der Waals surface area contributed by atoms with Gasteiger partial charge in [0.2, 0.25) is 5.95 Å². The van der Waals surface area contributed by atoms with Gasteiger partial charge in [-0.15, -0.1) is 0 Å². The second-order valence-electron chi connectivity index (χ2n) is 2.61. The van der Waals surface area contributed by atoms with Gasteiger partial charge in [0, 0.05) is 6.04 Å². The molecule has 0 aromatic carbocycles. The first-order valence-electron chi connectivity index (χ1n) is 3.41. The Balaban J connectivity index is 2.03. The maximum absolute atomic E-state index is 5.42. The average Bonchev–Trinajstić information content (AvgIpc) is 2.59. The van der Waals surface area contributed by atoms with E-state index in [1.807, 2.05) is 0 Å². The molecule has 2 rings (SSSR count). The molecule has 0 saturated heterocycles. The number of imidazole rings is 1. The maximum Gasteiger partial charge on any atom is 0.201 e. The van der Waals surface area contributed by atoms with Crippen LogP contribution in [-0.4, -0.2) is 16.0 Å². The summed E-state index contributed by atoms with van der Waals surface area (Å²) in [7, 11) is 0. The van der Waals surface area contributed by atoms with Crippen LogP contribution in [0.25, 0.3) is 0 Å². The van der Waals surface area contributed by atoms with Crippen LogP contribution >= 0.6 is 0 Å². The number of aromatic amines is 1. The van der Waals surface area contributed by atoms with Crippen molar-refractivity contribution in [3.63, 3.8) is 0 Å². The highest BCUT2D eigenvalue weighted by Gasteiger charge is 2.21. The number of anilines is 2. The van der Waals surface area contributed by atoms with Gasteiger partial charge in [-0.2, -0.15) is 0 Å². The number of hydrogen-bond acceptors (Lipinski definition) is 3. The molecule has 1 fully saturated rings. The van der Waals surface area contributed by atoms with Crippen LogP contribution in [0.4, 0.5) is 11.8 Å². The molecule has 0 unspecified atom stereocenters. The van der Waals surface area contributed by atoms with Gasteiger partial charge >= 0.3 is 0 Å². The van der Waals surface area contributed by atoms with Crippen molar-refractivity contribution in [1.82, 2.24) is 9.97 Å². The molecule has 0 radical (unpaired) electrons. The van der Waals surface area contributed by atoms with E-state index in [-0.39, 0.29) is 0 Å². The molecular formula is C6H10N4. The van der Waals surface area contributed by atoms with Crippen LogP contribution in [0.1, 0.15) is 12.8 Å². The van der Waals surface area contributed by atoms with Gasteiger partial charge in [0.25, 0.3) is 0 Å². The molecule has 0 spiro atoms. The SMILES string of the molecule is Nc1cnc(NC2CC2)[nH]1. The number of aromatic nitrogens is 2. The number of nitrogens with zero attached hydrogens (tertiary/aromatic N) is 1. The standard InChI is InChI=1S/C6H10N4/c7-5-3-8-6(10-5)9-4-1-2-4/h3-4H,1-2,7H2,(H2,8,9,10). The molecule has 1 saturated carbocycles. The first-order chi connectivity index (χ1) is 4.84. The lowest BCUT2D eigenvalue weighted by Gasteiger charge is -1.95. The number of rotatable bonds is 2. The summed E-state index contributed by atoms with van der Waals surface area (Å²) in [6, 6.07) is 0.630. The van der Waals surface area contributed by atoms with Gasteiger partial charge in [-0.3, -0.25) is 0 Å². The second-order valence-corrected chi connectivity index (χ2v) is 2.61. The highest BCUT2D eigenvalue weighted by atomic mass is 15.2. The Labute approximate surface area is 58.8 Å².